The van der Waals surface area contributed by atoms with Gasteiger partial charge in [0.1, 0.15) is 0 Å². The van der Waals surface area contributed by atoms with E-state index in [4.69, 9.17) is 0 Å². The van der Waals surface area contributed by atoms with Gasteiger partial charge in [-0.15, -0.1) is 0 Å². The smallest absolute Gasteiger partial charge is 0.0387 e. The van der Waals surface area contributed by atoms with Crippen molar-refractivity contribution in [1.29, 1.82) is 0 Å². The summed E-state index contributed by atoms with van der Waals surface area (Å²) >= 11 is 0. The maximum absolute atomic E-state index is 2.04. The van der Waals surface area contributed by atoms with Gasteiger partial charge in [-0.25, -0.2) is 0 Å². The van der Waals surface area contributed by atoms with Crippen molar-refractivity contribution in [3.63, 3.8) is 0 Å². The monoisotopic (exact) mass is 368 g/mol. The first-order valence-corrected chi connectivity index (χ1v) is 13.5. The summed E-state index contributed by atoms with van der Waals surface area (Å²) in [6.45, 7) is 0. The van der Waals surface area contributed by atoms with Crippen molar-refractivity contribution in [1.82, 2.24) is 0 Å². The minimum atomic E-state index is -0.646. The highest BCUT2D eigenvalue weighted by molar-refractivity contribution is 7.12. The van der Waals surface area contributed by atoms with Crippen LogP contribution in [0.25, 0.3) is 138 Å². The van der Waals surface area contributed by atoms with E-state index in [2.05, 4.69) is 0 Å². The van der Waals surface area contributed by atoms with E-state index in [1.807, 2.05) is 35.4 Å². The second kappa shape index (κ2) is 1.95. The van der Waals surface area contributed by atoms with E-state index in [-0.39, 0.29) is 0 Å². The molecule has 8 aromatic carbocycles. The third-order valence-corrected chi connectivity index (χ3v) is 17.5. The predicted octanol–water partition coefficient (Wildman–Crippen LogP) is 6.92. The van der Waals surface area contributed by atoms with Crippen molar-refractivity contribution in [2.45, 2.75) is 0 Å². The molecule has 0 amide bonds. The molecule has 0 nitrogen and oxygen atoms in total. The molecule has 0 spiro atoms. The van der Waals surface area contributed by atoms with Crippen LogP contribution in [0.15, 0.2) is 0 Å². The summed E-state index contributed by atoms with van der Waals surface area (Å²) in [5.74, 6) is 0. The van der Waals surface area contributed by atoms with Gasteiger partial charge in [0, 0.05) is 0 Å². The zero-order valence-corrected chi connectivity index (χ0v) is 16.0. The van der Waals surface area contributed by atoms with Gasteiger partial charge in [0.15, 0.2) is 0 Å². The Morgan fingerprint density at radius 2 is 0.464 bits per heavy atom. The second-order valence-corrected chi connectivity index (χ2v) is 15.5. The average molecular weight is 368 g/mol. The van der Waals surface area contributed by atoms with E-state index in [1.54, 1.807) is 102 Å². The molecule has 0 aliphatic heterocycles. The average Bonchev–Trinajstić information content (AvgIpc) is 3.51. The van der Waals surface area contributed by atoms with Crippen LogP contribution in [0, 0.1) is 0 Å². The number of rotatable bonds is 0. The first-order valence-electron chi connectivity index (χ1n) is 10.5. The minimum absolute atomic E-state index is 0.646. The summed E-state index contributed by atoms with van der Waals surface area (Å²) < 4.78 is 2.04. The van der Waals surface area contributed by atoms with Crippen LogP contribution in [-0.2, 0) is 0 Å². The molecular formula is C26Si2. The fraction of sp³-hybridized carbons (Fsp3) is 0. The van der Waals surface area contributed by atoms with E-state index in [0.717, 1.165) is 0 Å². The molecule has 0 saturated carbocycles. The van der Waals surface area contributed by atoms with Crippen molar-refractivity contribution >= 4 is 154 Å². The first kappa shape index (κ1) is 9.50. The Kier molecular flexibility index (Phi) is 0.661. The zero-order chi connectivity index (χ0) is 16.2. The third-order valence-electron chi connectivity index (χ3n) is 10.5. The Morgan fingerprint density at radius 3 is 0.857 bits per heavy atom. The molecule has 12 rings (SSSR count). The Hall–Kier alpha value is -2.95. The Balaban J connectivity index is 1.94. The molecule has 4 heterocycles. The zero-order valence-electron chi connectivity index (χ0n) is 14.0. The number of hydrogen-bond donors (Lipinski definition) is 0. The van der Waals surface area contributed by atoms with Crippen LogP contribution in [0.3, 0.4) is 0 Å². The van der Waals surface area contributed by atoms with Crippen molar-refractivity contribution in [2.24, 2.45) is 0 Å². The number of hydrogen-bond acceptors (Lipinski definition) is 0. The summed E-state index contributed by atoms with van der Waals surface area (Å²) in [5, 5.41) is 36.8. The summed E-state index contributed by atoms with van der Waals surface area (Å²) in [7, 11) is -1.29. The second-order valence-electron chi connectivity index (χ2n) is 10.5. The Labute approximate surface area is 154 Å². The molecule has 2 heteroatoms. The molecule has 0 radical (unpaired) electrons. The molecule has 4 aromatic heterocycles. The lowest BCUT2D eigenvalue weighted by molar-refractivity contribution is 2.38. The van der Waals surface area contributed by atoms with Crippen molar-refractivity contribution in [2.75, 3.05) is 0 Å². The largest absolute Gasteiger partial charge is 0.0873 e. The van der Waals surface area contributed by atoms with Gasteiger partial charge in [-0.1, -0.05) is 0 Å². The number of benzene rings is 3. The van der Waals surface area contributed by atoms with E-state index >= 15 is 0 Å². The van der Waals surface area contributed by atoms with E-state index in [1.165, 1.54) is 0 Å². The van der Waals surface area contributed by atoms with Crippen LogP contribution in [0.1, 0.15) is 0 Å². The van der Waals surface area contributed by atoms with Gasteiger partial charge in [0.25, 0.3) is 0 Å². The Bertz CT molecular complexity index is 2110. The van der Waals surface area contributed by atoms with Crippen LogP contribution < -0.4 is 0 Å². The van der Waals surface area contributed by atoms with E-state index in [9.17, 15) is 0 Å². The predicted molar refractivity (Wildman–Crippen MR) is 125 cm³/mol. The normalized spacial score (nSPS) is 18.0. The van der Waals surface area contributed by atoms with Crippen LogP contribution in [-0.4, -0.2) is 16.4 Å². The van der Waals surface area contributed by atoms with Gasteiger partial charge >= 0.3 is 0 Å². The summed E-state index contributed by atoms with van der Waals surface area (Å²) in [6, 6.07) is 0. The van der Waals surface area contributed by atoms with E-state index in [0.29, 0.717) is 0 Å². The molecular weight excluding hydrogens is 368 g/mol. The fourth-order valence-corrected chi connectivity index (χ4v) is 19.6. The summed E-state index contributed by atoms with van der Waals surface area (Å²) in [6.07, 6.45) is 0. The van der Waals surface area contributed by atoms with Gasteiger partial charge in [-0.05, 0) is 138 Å². The lowest BCUT2D eigenvalue weighted by Gasteiger charge is -1.98. The lowest BCUT2D eigenvalue weighted by Crippen LogP contribution is -1.93. The standard InChI is InChI=1S/C26Si2/c1-2-5-7-3(1)9-10-4(1)8-6(2)12-13-11(5)16-14(7)22-18(9)20-19(10)23-15(8)17(12)25-21(13)24(16)27(22)26(20)28(23)25. The SMILES string of the molecule is c12c3c4c5c1c1c6c2c2c3c3c7c4c4c5c5c1c1c6c6c2c3c2c7c4[si]5c1[si]62. The summed E-state index contributed by atoms with van der Waals surface area (Å²) in [5.41, 5.74) is 0. The van der Waals surface area contributed by atoms with Crippen LogP contribution in [0.5, 0.6) is 0 Å². The topological polar surface area (TPSA) is 0 Å². The van der Waals surface area contributed by atoms with Crippen molar-refractivity contribution < 1.29 is 0 Å². The molecule has 0 bridgehead atoms. The quantitative estimate of drug-likeness (QED) is 0.255. The highest BCUT2D eigenvalue weighted by Crippen LogP contribution is 2.74. The third kappa shape index (κ3) is 0.412. The maximum atomic E-state index is 2.04. The highest BCUT2D eigenvalue weighted by atomic mass is 28.3. The fourth-order valence-electron chi connectivity index (χ4n) is 10.5. The van der Waals surface area contributed by atoms with Crippen molar-refractivity contribution in [3.8, 4) is 0 Å². The van der Waals surface area contributed by atoms with Gasteiger partial charge in [0.05, 0.1) is 16.4 Å². The van der Waals surface area contributed by atoms with Crippen LogP contribution >= 0.6 is 0 Å². The van der Waals surface area contributed by atoms with E-state index < -0.39 is 16.4 Å². The molecule has 0 aliphatic carbocycles. The molecule has 0 N–H and O–H groups in total. The molecule has 12 aromatic rings. The molecule has 28 heavy (non-hydrogen) atoms. The molecule has 0 fully saturated rings. The molecule has 0 atom stereocenters. The molecule has 112 valence electrons. The van der Waals surface area contributed by atoms with Crippen LogP contribution in [0.2, 0.25) is 0 Å². The van der Waals surface area contributed by atoms with Gasteiger partial charge < -0.3 is 0 Å². The Morgan fingerprint density at radius 1 is 0.214 bits per heavy atom. The van der Waals surface area contributed by atoms with Gasteiger partial charge in [0.2, 0.25) is 0 Å². The minimum Gasteiger partial charge on any atom is -0.0387 e. The van der Waals surface area contributed by atoms with Crippen LogP contribution in [0.4, 0.5) is 0 Å². The van der Waals surface area contributed by atoms with Gasteiger partial charge in [-0.2, -0.15) is 0 Å². The van der Waals surface area contributed by atoms with Gasteiger partial charge in [-0.3, -0.25) is 0 Å². The maximum Gasteiger partial charge on any atom is 0.0873 e. The lowest BCUT2D eigenvalue weighted by atomic mass is 10.0. The molecule has 0 saturated heterocycles. The first-order chi connectivity index (χ1) is 14.0. The van der Waals surface area contributed by atoms with Crippen molar-refractivity contribution in [3.05, 3.63) is 0 Å². The number of fused-ring (bicyclic) bond motifs is 30. The molecule has 0 aliphatic rings. The highest BCUT2D eigenvalue weighted by Gasteiger charge is 2.47. The molecule has 0 unspecified atom stereocenters. The summed E-state index contributed by atoms with van der Waals surface area (Å²) in [4.78, 5) is 7.59.